The molecule has 106 valence electrons. The minimum atomic E-state index is -0.498. The first-order valence-electron chi connectivity index (χ1n) is 6.62. The third kappa shape index (κ3) is 6.25. The molecule has 0 radical (unpaired) electrons. The Labute approximate surface area is 114 Å². The SMILES string of the molecule is Cc1ccccc1OCC(=O)NCC(O)CC(C)C. The van der Waals surface area contributed by atoms with Crippen LogP contribution in [0.1, 0.15) is 25.8 Å². The fourth-order valence-corrected chi connectivity index (χ4v) is 1.77. The number of aryl methyl sites for hydroxylation is 1. The Morgan fingerprint density at radius 3 is 2.68 bits per heavy atom. The van der Waals surface area contributed by atoms with Crippen molar-refractivity contribution in [1.82, 2.24) is 5.32 Å². The summed E-state index contributed by atoms with van der Waals surface area (Å²) in [7, 11) is 0. The molecule has 0 bridgehead atoms. The van der Waals surface area contributed by atoms with E-state index in [1.54, 1.807) is 0 Å². The van der Waals surface area contributed by atoms with Gasteiger partial charge in [-0.2, -0.15) is 0 Å². The van der Waals surface area contributed by atoms with Crippen LogP contribution in [-0.2, 0) is 4.79 Å². The van der Waals surface area contributed by atoms with E-state index in [2.05, 4.69) is 5.32 Å². The Kier molecular flexibility index (Phi) is 6.36. The van der Waals surface area contributed by atoms with E-state index in [0.29, 0.717) is 18.1 Å². The Morgan fingerprint density at radius 2 is 2.05 bits per heavy atom. The molecule has 0 fully saturated rings. The number of benzene rings is 1. The highest BCUT2D eigenvalue weighted by Crippen LogP contribution is 2.15. The molecule has 4 heteroatoms. The lowest BCUT2D eigenvalue weighted by molar-refractivity contribution is -0.123. The first-order chi connectivity index (χ1) is 8.99. The van der Waals surface area contributed by atoms with Crippen molar-refractivity contribution in [1.29, 1.82) is 0 Å². The number of carbonyl (C=O) groups is 1. The van der Waals surface area contributed by atoms with Gasteiger partial charge < -0.3 is 15.2 Å². The topological polar surface area (TPSA) is 58.6 Å². The van der Waals surface area contributed by atoms with Crippen LogP contribution in [0, 0.1) is 12.8 Å². The standard InChI is InChI=1S/C15H23NO3/c1-11(2)8-13(17)9-16-15(18)10-19-14-7-5-4-6-12(14)3/h4-7,11,13,17H,8-10H2,1-3H3,(H,16,18). The molecule has 0 saturated heterocycles. The van der Waals surface area contributed by atoms with Crippen molar-refractivity contribution in [3.05, 3.63) is 29.8 Å². The summed E-state index contributed by atoms with van der Waals surface area (Å²) in [6.45, 7) is 6.24. The minimum absolute atomic E-state index is 0.0285. The fraction of sp³-hybridized carbons (Fsp3) is 0.533. The third-order valence-electron chi connectivity index (χ3n) is 2.73. The molecule has 2 N–H and O–H groups in total. The summed E-state index contributed by atoms with van der Waals surface area (Å²) in [6, 6.07) is 7.55. The molecule has 4 nitrogen and oxygen atoms in total. The van der Waals surface area contributed by atoms with Crippen molar-refractivity contribution in [2.24, 2.45) is 5.92 Å². The zero-order chi connectivity index (χ0) is 14.3. The van der Waals surface area contributed by atoms with Crippen molar-refractivity contribution >= 4 is 5.91 Å². The van der Waals surface area contributed by atoms with Crippen LogP contribution in [0.2, 0.25) is 0 Å². The summed E-state index contributed by atoms with van der Waals surface area (Å²) in [5, 5.41) is 12.3. The van der Waals surface area contributed by atoms with Gasteiger partial charge in [0.2, 0.25) is 0 Å². The van der Waals surface area contributed by atoms with Gasteiger partial charge in [-0.25, -0.2) is 0 Å². The number of aliphatic hydroxyl groups excluding tert-OH is 1. The second-order valence-corrected chi connectivity index (χ2v) is 5.14. The molecule has 1 amide bonds. The monoisotopic (exact) mass is 265 g/mol. The zero-order valence-corrected chi connectivity index (χ0v) is 11.8. The highest BCUT2D eigenvalue weighted by Gasteiger charge is 2.09. The van der Waals surface area contributed by atoms with Crippen molar-refractivity contribution < 1.29 is 14.6 Å². The number of hydrogen-bond acceptors (Lipinski definition) is 3. The second kappa shape index (κ2) is 7.79. The van der Waals surface area contributed by atoms with Gasteiger partial charge in [-0.1, -0.05) is 32.0 Å². The average Bonchev–Trinajstić information content (AvgIpc) is 2.34. The predicted molar refractivity (Wildman–Crippen MR) is 75.1 cm³/mol. The Morgan fingerprint density at radius 1 is 1.37 bits per heavy atom. The van der Waals surface area contributed by atoms with E-state index >= 15 is 0 Å². The van der Waals surface area contributed by atoms with E-state index in [4.69, 9.17) is 4.74 Å². The molecule has 0 spiro atoms. The van der Waals surface area contributed by atoms with E-state index in [-0.39, 0.29) is 19.1 Å². The van der Waals surface area contributed by atoms with Gasteiger partial charge in [0.25, 0.3) is 5.91 Å². The molecule has 1 aromatic rings. The van der Waals surface area contributed by atoms with Crippen LogP contribution >= 0.6 is 0 Å². The van der Waals surface area contributed by atoms with Crippen LogP contribution in [0.25, 0.3) is 0 Å². The number of rotatable bonds is 7. The molecule has 0 aliphatic carbocycles. The summed E-state index contributed by atoms with van der Waals surface area (Å²) < 4.78 is 5.42. The van der Waals surface area contributed by atoms with E-state index in [1.165, 1.54) is 0 Å². The van der Waals surface area contributed by atoms with Crippen LogP contribution in [-0.4, -0.2) is 30.3 Å². The number of nitrogens with one attached hydrogen (secondary N) is 1. The summed E-state index contributed by atoms with van der Waals surface area (Å²) in [5.41, 5.74) is 0.996. The Balaban J connectivity index is 2.27. The quantitative estimate of drug-likeness (QED) is 0.791. The van der Waals surface area contributed by atoms with Crippen molar-refractivity contribution in [2.75, 3.05) is 13.2 Å². The molecule has 0 aliphatic rings. The molecule has 1 atom stereocenters. The number of carbonyl (C=O) groups excluding carboxylic acids is 1. The van der Waals surface area contributed by atoms with Crippen molar-refractivity contribution in [3.63, 3.8) is 0 Å². The highest BCUT2D eigenvalue weighted by atomic mass is 16.5. The molecule has 0 aliphatic heterocycles. The Hall–Kier alpha value is -1.55. The minimum Gasteiger partial charge on any atom is -0.484 e. The lowest BCUT2D eigenvalue weighted by Gasteiger charge is -2.14. The fourth-order valence-electron chi connectivity index (χ4n) is 1.77. The van der Waals surface area contributed by atoms with Crippen LogP contribution in [0.4, 0.5) is 0 Å². The lowest BCUT2D eigenvalue weighted by atomic mass is 10.1. The summed E-state index contributed by atoms with van der Waals surface area (Å²) in [5.74, 6) is 0.904. The zero-order valence-electron chi connectivity index (χ0n) is 11.8. The van der Waals surface area contributed by atoms with E-state index in [9.17, 15) is 9.90 Å². The van der Waals surface area contributed by atoms with Crippen LogP contribution in [0.15, 0.2) is 24.3 Å². The number of aliphatic hydroxyl groups is 1. The number of amides is 1. The van der Waals surface area contributed by atoms with Gasteiger partial charge in [-0.05, 0) is 30.9 Å². The van der Waals surface area contributed by atoms with Crippen molar-refractivity contribution in [2.45, 2.75) is 33.3 Å². The molecule has 0 aromatic heterocycles. The van der Waals surface area contributed by atoms with Gasteiger partial charge in [0.05, 0.1) is 6.10 Å². The second-order valence-electron chi connectivity index (χ2n) is 5.14. The van der Waals surface area contributed by atoms with Gasteiger partial charge >= 0.3 is 0 Å². The third-order valence-corrected chi connectivity index (χ3v) is 2.73. The predicted octanol–water partition coefficient (Wildman–Crippen LogP) is 1.90. The van der Waals surface area contributed by atoms with Gasteiger partial charge in [0, 0.05) is 6.54 Å². The van der Waals surface area contributed by atoms with E-state index in [1.807, 2.05) is 45.0 Å². The molecule has 0 saturated carbocycles. The first kappa shape index (κ1) is 15.5. The Bertz CT molecular complexity index is 404. The van der Waals surface area contributed by atoms with Gasteiger partial charge in [0.15, 0.2) is 6.61 Å². The smallest absolute Gasteiger partial charge is 0.258 e. The maximum absolute atomic E-state index is 11.6. The van der Waals surface area contributed by atoms with E-state index in [0.717, 1.165) is 5.56 Å². The van der Waals surface area contributed by atoms with Gasteiger partial charge in [0.1, 0.15) is 5.75 Å². The van der Waals surface area contributed by atoms with Crippen LogP contribution in [0.5, 0.6) is 5.75 Å². The van der Waals surface area contributed by atoms with Gasteiger partial charge in [-0.3, -0.25) is 4.79 Å². The largest absolute Gasteiger partial charge is 0.484 e. The summed E-state index contributed by atoms with van der Waals surface area (Å²) in [6.07, 6.45) is 0.182. The summed E-state index contributed by atoms with van der Waals surface area (Å²) >= 11 is 0. The maximum Gasteiger partial charge on any atom is 0.258 e. The normalized spacial score (nSPS) is 12.3. The number of hydrogen-bond donors (Lipinski definition) is 2. The lowest BCUT2D eigenvalue weighted by Crippen LogP contribution is -2.35. The first-order valence-corrected chi connectivity index (χ1v) is 6.62. The average molecular weight is 265 g/mol. The molecular formula is C15H23NO3. The molecule has 19 heavy (non-hydrogen) atoms. The molecule has 1 rings (SSSR count). The van der Waals surface area contributed by atoms with Crippen molar-refractivity contribution in [3.8, 4) is 5.75 Å². The molecule has 1 unspecified atom stereocenters. The van der Waals surface area contributed by atoms with Crippen LogP contribution in [0.3, 0.4) is 0 Å². The molecule has 1 aromatic carbocycles. The van der Waals surface area contributed by atoms with Gasteiger partial charge in [-0.15, -0.1) is 0 Å². The molecule has 0 heterocycles. The number of ether oxygens (including phenoxy) is 1. The highest BCUT2D eigenvalue weighted by molar-refractivity contribution is 5.77. The summed E-state index contributed by atoms with van der Waals surface area (Å²) in [4.78, 5) is 11.6. The number of para-hydroxylation sites is 1. The van der Waals surface area contributed by atoms with E-state index < -0.39 is 6.10 Å². The van der Waals surface area contributed by atoms with Crippen LogP contribution < -0.4 is 10.1 Å². The molecular weight excluding hydrogens is 242 g/mol. The maximum atomic E-state index is 11.6.